The number of carbonyl (C=O) groups excluding carboxylic acids is 1. The van der Waals surface area contributed by atoms with Crippen molar-refractivity contribution in [3.8, 4) is 0 Å². The van der Waals surface area contributed by atoms with Gasteiger partial charge in [-0.1, -0.05) is 6.04 Å². The third-order valence-electron chi connectivity index (χ3n) is 0.844. The Hall–Kier alpha value is -0.448. The van der Waals surface area contributed by atoms with E-state index in [0.717, 1.165) is 0 Å². The van der Waals surface area contributed by atoms with Gasteiger partial charge in [-0.05, 0) is 5.82 Å². The van der Waals surface area contributed by atoms with Crippen LogP contribution in [0, 0.1) is 0 Å². The summed E-state index contributed by atoms with van der Waals surface area (Å²) in [5.74, 6) is -0.171. The van der Waals surface area contributed by atoms with E-state index in [1.807, 2.05) is 0 Å². The first-order valence-electron chi connectivity index (χ1n) is 2.81. The van der Waals surface area contributed by atoms with Crippen LogP contribution >= 0.6 is 0 Å². The van der Waals surface area contributed by atoms with Crippen LogP contribution in [0.1, 0.15) is 0 Å². The average molecular weight is 155 g/mol. The maximum Gasteiger partial charge on any atom is 0.507 e. The zero-order valence-corrected chi connectivity index (χ0v) is 6.79. The Morgan fingerprint density at radius 1 is 1.80 bits per heavy atom. The van der Waals surface area contributed by atoms with Gasteiger partial charge in [0.25, 0.3) is 0 Å². The van der Waals surface area contributed by atoms with E-state index in [9.17, 15) is 4.79 Å². The van der Waals surface area contributed by atoms with Crippen molar-refractivity contribution in [3.63, 3.8) is 0 Å². The zero-order valence-electron chi connectivity index (χ0n) is 5.79. The van der Waals surface area contributed by atoms with Gasteiger partial charge < -0.3 is 9.47 Å². The van der Waals surface area contributed by atoms with Crippen molar-refractivity contribution >= 4 is 24.2 Å². The smallest absolute Gasteiger partial charge is 0.438 e. The fourth-order valence-electron chi connectivity index (χ4n) is 0.293. The summed E-state index contributed by atoms with van der Waals surface area (Å²) in [5, 5.41) is 0. The average Bonchev–Trinajstić information content (AvgIpc) is 1.99. The van der Waals surface area contributed by atoms with Crippen LogP contribution in [0.15, 0.2) is 0 Å². The topological polar surface area (TPSA) is 35.5 Å². The van der Waals surface area contributed by atoms with Gasteiger partial charge in [0.15, 0.2) is 0 Å². The molecule has 0 aliphatic rings. The predicted molar refractivity (Wildman–Crippen MR) is 38.4 cm³/mol. The highest BCUT2D eigenvalue weighted by atomic mass is 28.1. The third kappa shape index (κ3) is 4.43. The number of methoxy groups -OCH3 is 1. The van der Waals surface area contributed by atoms with E-state index in [1.165, 1.54) is 7.11 Å². The summed E-state index contributed by atoms with van der Waals surface area (Å²) in [7, 11) is 9.82. The lowest BCUT2D eigenvalue weighted by Gasteiger charge is -2.07. The monoisotopic (exact) mass is 155 g/mol. The molecule has 0 spiro atoms. The minimum Gasteiger partial charge on any atom is -0.438 e. The summed E-state index contributed by atoms with van der Waals surface area (Å²) in [5.41, 5.74) is 0. The van der Waals surface area contributed by atoms with Crippen molar-refractivity contribution in [1.82, 2.24) is 0 Å². The lowest BCUT2D eigenvalue weighted by molar-refractivity contribution is 0.0730. The second-order valence-electron chi connectivity index (χ2n) is 1.73. The van der Waals surface area contributed by atoms with Crippen LogP contribution in [0.3, 0.4) is 0 Å². The van der Waals surface area contributed by atoms with Gasteiger partial charge in [0.1, 0.15) is 0 Å². The Balaban J connectivity index is 3.26. The van der Waals surface area contributed by atoms with Crippen molar-refractivity contribution < 1.29 is 14.3 Å². The Morgan fingerprint density at radius 2 is 2.40 bits per heavy atom. The van der Waals surface area contributed by atoms with E-state index in [-0.39, 0.29) is 12.4 Å². The van der Waals surface area contributed by atoms with Gasteiger partial charge in [-0.3, -0.25) is 0 Å². The Morgan fingerprint density at radius 3 is 2.80 bits per heavy atom. The molecule has 5 radical (unpaired) electrons. The molecule has 0 aliphatic carbocycles. The molecule has 0 aliphatic heterocycles. The largest absolute Gasteiger partial charge is 0.507 e. The molecule has 0 saturated heterocycles. The minimum atomic E-state index is -0.699. The Labute approximate surface area is 64.9 Å². The van der Waals surface area contributed by atoms with Crippen molar-refractivity contribution in [2.45, 2.75) is 11.9 Å². The standard InChI is InChI=1S/C5H8BO3Si/c1-8-5(7)9-2-4(6)3-10/h4H,2-3H2,1H3/t4-/m0/s1. The van der Waals surface area contributed by atoms with Gasteiger partial charge in [0, 0.05) is 10.2 Å². The van der Waals surface area contributed by atoms with Crippen LogP contribution in [0.4, 0.5) is 4.79 Å². The first-order chi connectivity index (χ1) is 4.70. The highest BCUT2D eigenvalue weighted by Gasteiger charge is 2.03. The SMILES string of the molecule is [B][C@H](C[Si])COC(=O)OC. The lowest BCUT2D eigenvalue weighted by atomic mass is 9.90. The molecule has 5 heteroatoms. The van der Waals surface area contributed by atoms with Gasteiger partial charge in [-0.15, -0.1) is 0 Å². The normalized spacial score (nSPS) is 12.2. The summed E-state index contributed by atoms with van der Waals surface area (Å²) in [4.78, 5) is 10.3. The molecule has 0 N–H and O–H groups in total. The molecular formula is C5H8BO3Si. The second-order valence-corrected chi connectivity index (χ2v) is 2.14. The molecule has 0 aromatic carbocycles. The van der Waals surface area contributed by atoms with Crippen LogP contribution in [0.25, 0.3) is 0 Å². The van der Waals surface area contributed by atoms with Crippen molar-refractivity contribution in [2.75, 3.05) is 13.7 Å². The maximum absolute atomic E-state index is 10.3. The number of ether oxygens (including phenoxy) is 2. The van der Waals surface area contributed by atoms with E-state index in [1.54, 1.807) is 0 Å². The van der Waals surface area contributed by atoms with Crippen LogP contribution in [0.2, 0.25) is 11.9 Å². The van der Waals surface area contributed by atoms with Gasteiger partial charge in [0.05, 0.1) is 21.6 Å². The third-order valence-corrected chi connectivity index (χ3v) is 1.37. The number of hydrogen-bond donors (Lipinski definition) is 0. The molecule has 0 rings (SSSR count). The molecule has 0 fully saturated rings. The Bertz CT molecular complexity index is 109. The van der Waals surface area contributed by atoms with E-state index >= 15 is 0 Å². The van der Waals surface area contributed by atoms with Crippen molar-refractivity contribution in [1.29, 1.82) is 0 Å². The molecule has 0 aromatic rings. The van der Waals surface area contributed by atoms with E-state index in [0.29, 0.717) is 6.04 Å². The molecule has 0 bridgehead atoms. The predicted octanol–water partition coefficient (Wildman–Crippen LogP) is 0.313. The number of rotatable bonds is 3. The van der Waals surface area contributed by atoms with Crippen LogP contribution < -0.4 is 0 Å². The fourth-order valence-corrected chi connectivity index (χ4v) is 0.411. The van der Waals surface area contributed by atoms with Gasteiger partial charge >= 0.3 is 6.16 Å². The highest BCUT2D eigenvalue weighted by molar-refractivity contribution is 6.19. The molecule has 0 amide bonds. The first kappa shape index (κ1) is 9.55. The molecule has 0 unspecified atom stereocenters. The zero-order chi connectivity index (χ0) is 7.98. The molecule has 53 valence electrons. The summed E-state index contributed by atoms with van der Waals surface area (Å²) >= 11 is 0. The molecule has 0 aromatic heterocycles. The van der Waals surface area contributed by atoms with E-state index in [4.69, 9.17) is 7.85 Å². The molecule has 0 saturated carbocycles. The van der Waals surface area contributed by atoms with Crippen LogP contribution in [-0.4, -0.2) is 38.0 Å². The Kier molecular flexibility index (Phi) is 5.11. The highest BCUT2D eigenvalue weighted by Crippen LogP contribution is 2.03. The maximum atomic E-state index is 10.3. The van der Waals surface area contributed by atoms with Gasteiger partial charge in [-0.25, -0.2) is 4.79 Å². The van der Waals surface area contributed by atoms with E-state index < -0.39 is 6.16 Å². The fraction of sp³-hybridized carbons (Fsp3) is 0.800. The summed E-state index contributed by atoms with van der Waals surface area (Å²) in [6.07, 6.45) is -0.699. The van der Waals surface area contributed by atoms with Crippen LogP contribution in [0.5, 0.6) is 0 Å². The first-order valence-corrected chi connectivity index (χ1v) is 3.52. The lowest BCUT2D eigenvalue weighted by Crippen LogP contribution is -2.09. The van der Waals surface area contributed by atoms with Crippen LogP contribution in [-0.2, 0) is 9.47 Å². The van der Waals surface area contributed by atoms with E-state index in [2.05, 4.69) is 19.7 Å². The molecule has 3 nitrogen and oxygen atoms in total. The minimum absolute atomic E-state index is 0.171. The number of hydrogen-bond acceptors (Lipinski definition) is 3. The molecular weight excluding hydrogens is 147 g/mol. The van der Waals surface area contributed by atoms with Gasteiger partial charge in [0.2, 0.25) is 0 Å². The second kappa shape index (κ2) is 5.35. The summed E-state index contributed by atoms with van der Waals surface area (Å²) in [6.45, 7) is 0.177. The molecule has 1 atom stereocenters. The van der Waals surface area contributed by atoms with Crippen molar-refractivity contribution in [2.24, 2.45) is 0 Å². The summed E-state index contributed by atoms with van der Waals surface area (Å²) in [6, 6.07) is 0.594. The summed E-state index contributed by atoms with van der Waals surface area (Å²) < 4.78 is 8.74. The molecule has 0 heterocycles. The number of carbonyl (C=O) groups is 1. The van der Waals surface area contributed by atoms with Gasteiger partial charge in [-0.2, -0.15) is 0 Å². The molecule has 10 heavy (non-hydrogen) atoms. The van der Waals surface area contributed by atoms with Crippen molar-refractivity contribution in [3.05, 3.63) is 0 Å². The quantitative estimate of drug-likeness (QED) is 0.434.